The van der Waals surface area contributed by atoms with Gasteiger partial charge >= 0.3 is 0 Å². The summed E-state index contributed by atoms with van der Waals surface area (Å²) in [7, 11) is 0. The van der Waals surface area contributed by atoms with Crippen LogP contribution in [0.1, 0.15) is 19.8 Å². The number of hydrogen-bond donors (Lipinski definition) is 0. The van der Waals surface area contributed by atoms with Crippen LogP contribution < -0.4 is 0 Å². The third-order valence-corrected chi connectivity index (χ3v) is 1.07. The number of allylic oxidation sites excluding steroid dienone is 1. The van der Waals surface area contributed by atoms with Crippen LogP contribution >= 0.6 is 0 Å². The summed E-state index contributed by atoms with van der Waals surface area (Å²) in [4.78, 5) is 9.86. The van der Waals surface area contributed by atoms with Crippen LogP contribution in [-0.4, -0.2) is 6.29 Å². The first kappa shape index (κ1) is 7.41. The number of rotatable bonds is 4. The van der Waals surface area contributed by atoms with Gasteiger partial charge in [-0.25, -0.2) is 0 Å². The van der Waals surface area contributed by atoms with Crippen molar-refractivity contribution in [2.24, 2.45) is 5.92 Å². The molecule has 0 saturated heterocycles. The molecule has 8 heavy (non-hydrogen) atoms. The second-order valence-electron chi connectivity index (χ2n) is 2.03. The summed E-state index contributed by atoms with van der Waals surface area (Å²) in [5.41, 5.74) is 0. The van der Waals surface area contributed by atoms with Crippen LogP contribution in [0.4, 0.5) is 0 Å². The minimum Gasteiger partial charge on any atom is -0.303 e. The topological polar surface area (TPSA) is 17.1 Å². The number of aldehydes is 1. The fourth-order valence-corrected chi connectivity index (χ4v) is 0.545. The molecular formula is C7H12O. The van der Waals surface area contributed by atoms with E-state index in [4.69, 9.17) is 0 Å². The van der Waals surface area contributed by atoms with Gasteiger partial charge in [0.25, 0.3) is 0 Å². The van der Waals surface area contributed by atoms with E-state index >= 15 is 0 Å². The first-order valence-corrected chi connectivity index (χ1v) is 2.85. The number of carbonyl (C=O) groups excluding carboxylic acids is 1. The van der Waals surface area contributed by atoms with Crippen LogP contribution in [0.5, 0.6) is 0 Å². The molecule has 1 nitrogen and oxygen atoms in total. The molecule has 0 spiro atoms. The summed E-state index contributed by atoms with van der Waals surface area (Å²) in [5, 5.41) is 0. The number of carbonyl (C=O) groups is 1. The summed E-state index contributed by atoms with van der Waals surface area (Å²) >= 11 is 0. The lowest BCUT2D eigenvalue weighted by Gasteiger charge is -1.99. The van der Waals surface area contributed by atoms with Crippen molar-refractivity contribution >= 4 is 6.29 Å². The van der Waals surface area contributed by atoms with Gasteiger partial charge in [-0.05, 0) is 12.3 Å². The smallest absolute Gasteiger partial charge is 0.120 e. The predicted octanol–water partition coefficient (Wildman–Crippen LogP) is 1.79. The molecule has 0 aliphatic carbocycles. The number of hydrogen-bond acceptors (Lipinski definition) is 1. The van der Waals surface area contributed by atoms with Crippen molar-refractivity contribution in [1.29, 1.82) is 0 Å². The second-order valence-corrected chi connectivity index (χ2v) is 2.03. The highest BCUT2D eigenvalue weighted by atomic mass is 16.1. The average Bonchev–Trinajstić information content (AvgIpc) is 1.68. The zero-order valence-corrected chi connectivity index (χ0v) is 5.26. The molecule has 0 aliphatic heterocycles. The van der Waals surface area contributed by atoms with Gasteiger partial charge in [0.05, 0.1) is 0 Å². The summed E-state index contributed by atoms with van der Waals surface area (Å²) in [6, 6.07) is 0. The first-order valence-electron chi connectivity index (χ1n) is 2.85. The van der Waals surface area contributed by atoms with Crippen LogP contribution in [0.3, 0.4) is 0 Å². The third-order valence-electron chi connectivity index (χ3n) is 1.07. The van der Waals surface area contributed by atoms with Gasteiger partial charge in [0.1, 0.15) is 6.29 Å². The van der Waals surface area contributed by atoms with Crippen molar-refractivity contribution < 1.29 is 4.79 Å². The molecule has 1 heteroatoms. The van der Waals surface area contributed by atoms with Crippen LogP contribution in [-0.2, 0) is 4.79 Å². The molecule has 0 rings (SSSR count). The summed E-state index contributed by atoms with van der Waals surface area (Å²) in [6.45, 7) is 5.60. The van der Waals surface area contributed by atoms with Gasteiger partial charge < -0.3 is 4.79 Å². The third kappa shape index (κ3) is 3.59. The van der Waals surface area contributed by atoms with Gasteiger partial charge in [-0.1, -0.05) is 13.0 Å². The average molecular weight is 112 g/mol. The van der Waals surface area contributed by atoms with Crippen molar-refractivity contribution in [2.75, 3.05) is 0 Å². The molecule has 0 aromatic rings. The highest BCUT2D eigenvalue weighted by molar-refractivity contribution is 5.49. The van der Waals surface area contributed by atoms with Crippen LogP contribution in [0, 0.1) is 5.92 Å². The summed E-state index contributed by atoms with van der Waals surface area (Å²) in [5.74, 6) is 0.477. The molecular weight excluding hydrogens is 100 g/mol. The first-order chi connectivity index (χ1) is 3.81. The summed E-state index contributed by atoms with van der Waals surface area (Å²) < 4.78 is 0. The minimum absolute atomic E-state index is 0.477. The molecule has 46 valence electrons. The van der Waals surface area contributed by atoms with E-state index in [0.29, 0.717) is 12.3 Å². The molecule has 0 amide bonds. The molecule has 0 saturated carbocycles. The van der Waals surface area contributed by atoms with E-state index in [9.17, 15) is 4.79 Å². The quantitative estimate of drug-likeness (QED) is 0.400. The lowest BCUT2D eigenvalue weighted by atomic mass is 10.1. The highest BCUT2D eigenvalue weighted by Gasteiger charge is 1.94. The van der Waals surface area contributed by atoms with Crippen molar-refractivity contribution in [3.05, 3.63) is 12.7 Å². The Balaban J connectivity index is 3.16. The Morgan fingerprint density at radius 3 is 2.62 bits per heavy atom. The Kier molecular flexibility index (Phi) is 4.23. The van der Waals surface area contributed by atoms with Gasteiger partial charge in [-0.15, -0.1) is 6.58 Å². The van der Waals surface area contributed by atoms with Gasteiger partial charge in [0.15, 0.2) is 0 Å². The minimum atomic E-state index is 0.477. The molecule has 1 atom stereocenters. The van der Waals surface area contributed by atoms with Crippen LogP contribution in [0.25, 0.3) is 0 Å². The van der Waals surface area contributed by atoms with Crippen molar-refractivity contribution in [1.82, 2.24) is 0 Å². The maximum Gasteiger partial charge on any atom is 0.120 e. The molecule has 0 N–H and O–H groups in total. The van der Waals surface area contributed by atoms with Crippen molar-refractivity contribution in [3.8, 4) is 0 Å². The van der Waals surface area contributed by atoms with Gasteiger partial charge in [-0.2, -0.15) is 0 Å². The Morgan fingerprint density at radius 2 is 2.25 bits per heavy atom. The van der Waals surface area contributed by atoms with Crippen LogP contribution in [0.2, 0.25) is 0 Å². The molecule has 0 heterocycles. The van der Waals surface area contributed by atoms with E-state index in [1.807, 2.05) is 13.0 Å². The molecule has 0 fully saturated rings. The molecule has 0 aliphatic rings. The highest BCUT2D eigenvalue weighted by Crippen LogP contribution is 2.03. The lowest BCUT2D eigenvalue weighted by molar-refractivity contribution is -0.108. The Labute approximate surface area is 50.4 Å². The van der Waals surface area contributed by atoms with Crippen molar-refractivity contribution in [3.63, 3.8) is 0 Å². The lowest BCUT2D eigenvalue weighted by Crippen LogP contribution is -1.91. The summed E-state index contributed by atoms with van der Waals surface area (Å²) in [6.07, 6.45) is 4.40. The fourth-order valence-electron chi connectivity index (χ4n) is 0.545. The normalized spacial score (nSPS) is 12.6. The van der Waals surface area contributed by atoms with E-state index in [-0.39, 0.29) is 0 Å². The van der Waals surface area contributed by atoms with E-state index in [1.165, 1.54) is 0 Å². The largest absolute Gasteiger partial charge is 0.303 e. The molecule has 0 aromatic carbocycles. The van der Waals surface area contributed by atoms with Gasteiger partial charge in [0.2, 0.25) is 0 Å². The zero-order chi connectivity index (χ0) is 6.41. The van der Waals surface area contributed by atoms with E-state index < -0.39 is 0 Å². The second kappa shape index (κ2) is 4.57. The maximum atomic E-state index is 9.86. The molecule has 0 radical (unpaired) electrons. The Bertz CT molecular complexity index is 66.5. The van der Waals surface area contributed by atoms with Crippen molar-refractivity contribution in [2.45, 2.75) is 19.8 Å². The fraction of sp³-hybridized carbons (Fsp3) is 0.571. The van der Waals surface area contributed by atoms with Crippen LogP contribution in [0.15, 0.2) is 12.7 Å². The zero-order valence-electron chi connectivity index (χ0n) is 5.26. The predicted molar refractivity (Wildman–Crippen MR) is 34.7 cm³/mol. The molecule has 1 unspecified atom stereocenters. The molecule has 0 aromatic heterocycles. The maximum absolute atomic E-state index is 9.86. The SMILES string of the molecule is C=CCC(C)CC=O. The Morgan fingerprint density at radius 1 is 1.62 bits per heavy atom. The van der Waals surface area contributed by atoms with Gasteiger partial charge in [0, 0.05) is 6.42 Å². The van der Waals surface area contributed by atoms with E-state index in [1.54, 1.807) is 0 Å². The van der Waals surface area contributed by atoms with E-state index in [2.05, 4.69) is 6.58 Å². The van der Waals surface area contributed by atoms with Gasteiger partial charge in [-0.3, -0.25) is 0 Å². The molecule has 0 bridgehead atoms. The monoisotopic (exact) mass is 112 g/mol. The standard InChI is InChI=1S/C7H12O/c1-3-4-7(2)5-6-8/h3,6-7H,1,4-5H2,2H3. The van der Waals surface area contributed by atoms with E-state index in [0.717, 1.165) is 12.7 Å². The Hall–Kier alpha value is -0.590.